The van der Waals surface area contributed by atoms with Crippen molar-refractivity contribution in [2.24, 2.45) is 16.7 Å². The molecule has 2 aliphatic rings. The summed E-state index contributed by atoms with van der Waals surface area (Å²) in [4.78, 5) is 12.0. The molecule has 2 aliphatic carbocycles. The van der Waals surface area contributed by atoms with Gasteiger partial charge in [0, 0.05) is 11.8 Å². The highest BCUT2D eigenvalue weighted by molar-refractivity contribution is 5.89. The maximum atomic E-state index is 12.0. The predicted molar refractivity (Wildman–Crippen MR) is 62.6 cm³/mol. The first-order valence-electron chi connectivity index (χ1n) is 6.13. The summed E-state index contributed by atoms with van der Waals surface area (Å²) >= 11 is 0. The molecule has 0 spiro atoms. The topological polar surface area (TPSA) is 17.1 Å². The van der Waals surface area contributed by atoms with Crippen molar-refractivity contribution in [1.29, 1.82) is 0 Å². The minimum atomic E-state index is -0.207. The third-order valence-corrected chi connectivity index (χ3v) is 4.89. The fraction of sp³-hybridized carbons (Fsp3) is 0.786. The summed E-state index contributed by atoms with van der Waals surface area (Å²) in [5.74, 6) is 1.16. The van der Waals surface area contributed by atoms with Gasteiger partial charge < -0.3 is 0 Å². The lowest BCUT2D eigenvalue weighted by atomic mass is 9.53. The Morgan fingerprint density at radius 3 is 2.67 bits per heavy atom. The lowest BCUT2D eigenvalue weighted by molar-refractivity contribution is -0.129. The van der Waals surface area contributed by atoms with E-state index in [0.29, 0.717) is 5.78 Å². The normalized spacial score (nSPS) is 39.6. The van der Waals surface area contributed by atoms with Crippen LogP contribution in [0.4, 0.5) is 0 Å². The van der Waals surface area contributed by atoms with E-state index in [9.17, 15) is 4.79 Å². The average molecular weight is 206 g/mol. The Hall–Kier alpha value is -0.590. The Kier molecular flexibility index (Phi) is 2.33. The Bertz CT molecular complexity index is 324. The second-order valence-electron chi connectivity index (χ2n) is 6.06. The number of carbonyl (C=O) groups is 1. The molecule has 1 saturated carbocycles. The van der Waals surface area contributed by atoms with Gasteiger partial charge in [0.25, 0.3) is 0 Å². The number of hydrogen-bond acceptors (Lipinski definition) is 1. The van der Waals surface area contributed by atoms with Gasteiger partial charge in [-0.15, -0.1) is 0 Å². The summed E-state index contributed by atoms with van der Waals surface area (Å²) in [5, 5.41) is 0. The van der Waals surface area contributed by atoms with E-state index in [4.69, 9.17) is 0 Å². The van der Waals surface area contributed by atoms with E-state index in [1.807, 2.05) is 0 Å². The SMILES string of the molecule is C[C@H]1CCC=C2C(C)(C)C(=O)CC[C@@]21C. The molecule has 0 aromatic carbocycles. The van der Waals surface area contributed by atoms with Crippen molar-refractivity contribution in [3.05, 3.63) is 11.6 Å². The molecule has 1 fully saturated rings. The van der Waals surface area contributed by atoms with Crippen LogP contribution < -0.4 is 0 Å². The van der Waals surface area contributed by atoms with Crippen LogP contribution in [0.5, 0.6) is 0 Å². The molecular formula is C14H22O. The molecule has 0 saturated heterocycles. The van der Waals surface area contributed by atoms with Crippen molar-refractivity contribution in [2.75, 3.05) is 0 Å². The van der Waals surface area contributed by atoms with Crippen molar-refractivity contribution in [2.45, 2.75) is 53.4 Å². The van der Waals surface area contributed by atoms with Crippen LogP contribution in [0.1, 0.15) is 53.4 Å². The summed E-state index contributed by atoms with van der Waals surface area (Å²) < 4.78 is 0. The molecule has 0 aromatic rings. The molecule has 0 radical (unpaired) electrons. The first-order chi connectivity index (χ1) is 6.89. The van der Waals surface area contributed by atoms with Crippen LogP contribution in [0.2, 0.25) is 0 Å². The van der Waals surface area contributed by atoms with Gasteiger partial charge in [-0.05, 0) is 44.4 Å². The monoisotopic (exact) mass is 206 g/mol. The van der Waals surface area contributed by atoms with Crippen LogP contribution in [-0.4, -0.2) is 5.78 Å². The summed E-state index contributed by atoms with van der Waals surface area (Å²) in [6, 6.07) is 0. The number of carbonyl (C=O) groups excluding carboxylic acids is 1. The highest BCUT2D eigenvalue weighted by Crippen LogP contribution is 2.55. The molecule has 0 bridgehead atoms. The molecule has 2 atom stereocenters. The van der Waals surface area contributed by atoms with Gasteiger partial charge >= 0.3 is 0 Å². The highest BCUT2D eigenvalue weighted by Gasteiger charge is 2.49. The van der Waals surface area contributed by atoms with Crippen LogP contribution in [0.25, 0.3) is 0 Å². The van der Waals surface area contributed by atoms with Gasteiger partial charge in [0.15, 0.2) is 0 Å². The Morgan fingerprint density at radius 2 is 2.00 bits per heavy atom. The van der Waals surface area contributed by atoms with Gasteiger partial charge in [0.1, 0.15) is 5.78 Å². The third-order valence-electron chi connectivity index (χ3n) is 4.89. The van der Waals surface area contributed by atoms with Gasteiger partial charge in [0.05, 0.1) is 0 Å². The Morgan fingerprint density at radius 1 is 1.33 bits per heavy atom. The molecule has 0 unspecified atom stereocenters. The van der Waals surface area contributed by atoms with Gasteiger partial charge in [-0.25, -0.2) is 0 Å². The Balaban J connectivity index is 2.47. The first-order valence-corrected chi connectivity index (χ1v) is 6.13. The third kappa shape index (κ3) is 1.39. The standard InChI is InChI=1S/C14H22O/c1-10-6-5-7-11-13(2,3)12(15)8-9-14(10,11)4/h7,10H,5-6,8-9H2,1-4H3/t10-,14+/m0/s1. The summed E-state index contributed by atoms with van der Waals surface area (Å²) in [5.41, 5.74) is 1.50. The smallest absolute Gasteiger partial charge is 0.142 e. The number of fused-ring (bicyclic) bond motifs is 1. The molecule has 1 nitrogen and oxygen atoms in total. The second-order valence-corrected chi connectivity index (χ2v) is 6.06. The van der Waals surface area contributed by atoms with Crippen LogP contribution in [-0.2, 0) is 4.79 Å². The second kappa shape index (κ2) is 3.20. The molecule has 15 heavy (non-hydrogen) atoms. The molecular weight excluding hydrogens is 184 g/mol. The van der Waals surface area contributed by atoms with Gasteiger partial charge in [-0.3, -0.25) is 4.79 Å². The van der Waals surface area contributed by atoms with Crippen molar-refractivity contribution in [3.63, 3.8) is 0 Å². The van der Waals surface area contributed by atoms with E-state index < -0.39 is 0 Å². The fourth-order valence-electron chi connectivity index (χ4n) is 3.48. The highest BCUT2D eigenvalue weighted by atomic mass is 16.1. The van der Waals surface area contributed by atoms with Crippen molar-refractivity contribution in [3.8, 4) is 0 Å². The van der Waals surface area contributed by atoms with E-state index >= 15 is 0 Å². The molecule has 84 valence electrons. The average Bonchev–Trinajstić information content (AvgIpc) is 2.16. The van der Waals surface area contributed by atoms with Gasteiger partial charge in [0.2, 0.25) is 0 Å². The van der Waals surface area contributed by atoms with Crippen LogP contribution in [0, 0.1) is 16.7 Å². The number of hydrogen-bond donors (Lipinski definition) is 0. The van der Waals surface area contributed by atoms with E-state index in [1.165, 1.54) is 12.0 Å². The minimum absolute atomic E-state index is 0.207. The largest absolute Gasteiger partial charge is 0.299 e. The van der Waals surface area contributed by atoms with Crippen molar-refractivity contribution in [1.82, 2.24) is 0 Å². The van der Waals surface area contributed by atoms with E-state index in [1.54, 1.807) is 0 Å². The number of allylic oxidation sites excluding steroid dienone is 2. The van der Waals surface area contributed by atoms with Crippen LogP contribution in [0.3, 0.4) is 0 Å². The van der Waals surface area contributed by atoms with Gasteiger partial charge in [-0.2, -0.15) is 0 Å². The van der Waals surface area contributed by atoms with E-state index in [-0.39, 0.29) is 10.8 Å². The molecule has 2 rings (SSSR count). The molecule has 1 heteroatoms. The summed E-state index contributed by atoms with van der Waals surface area (Å²) in [7, 11) is 0. The number of ketones is 1. The van der Waals surface area contributed by atoms with Crippen LogP contribution >= 0.6 is 0 Å². The lowest BCUT2D eigenvalue weighted by Crippen LogP contribution is -2.45. The zero-order valence-electron chi connectivity index (χ0n) is 10.4. The van der Waals surface area contributed by atoms with Gasteiger partial charge in [-0.1, -0.05) is 25.5 Å². The van der Waals surface area contributed by atoms with Crippen molar-refractivity contribution < 1.29 is 4.79 Å². The molecule has 0 N–H and O–H groups in total. The van der Waals surface area contributed by atoms with E-state index in [0.717, 1.165) is 25.2 Å². The fourth-order valence-corrected chi connectivity index (χ4v) is 3.48. The predicted octanol–water partition coefficient (Wildman–Crippen LogP) is 3.74. The first kappa shape index (κ1) is 10.9. The summed E-state index contributed by atoms with van der Waals surface area (Å²) in [6.07, 6.45) is 6.61. The maximum Gasteiger partial charge on any atom is 0.142 e. The van der Waals surface area contributed by atoms with E-state index in [2.05, 4.69) is 33.8 Å². The number of rotatable bonds is 0. The molecule has 0 heterocycles. The quantitative estimate of drug-likeness (QED) is 0.552. The molecule has 0 aromatic heterocycles. The zero-order valence-corrected chi connectivity index (χ0v) is 10.4. The van der Waals surface area contributed by atoms with Crippen LogP contribution in [0.15, 0.2) is 11.6 Å². The molecule has 0 amide bonds. The Labute approximate surface area is 92.9 Å². The maximum absolute atomic E-state index is 12.0. The lowest BCUT2D eigenvalue weighted by Gasteiger charge is -2.50. The minimum Gasteiger partial charge on any atom is -0.299 e. The summed E-state index contributed by atoms with van der Waals surface area (Å²) in [6.45, 7) is 8.92. The molecule has 0 aliphatic heterocycles. The zero-order chi connectivity index (χ0) is 11.3. The van der Waals surface area contributed by atoms with Crippen molar-refractivity contribution >= 4 is 5.78 Å². The number of Topliss-reactive ketones (excluding diaryl/α,β-unsaturated/α-hetero) is 1.